The van der Waals surface area contributed by atoms with Crippen LogP contribution in [0.4, 0.5) is 0 Å². The highest BCUT2D eigenvalue weighted by atomic mass is 35.5. The first-order valence-corrected chi connectivity index (χ1v) is 5.52. The van der Waals surface area contributed by atoms with Gasteiger partial charge in [0.25, 0.3) is 0 Å². The molecule has 84 valence electrons. The highest BCUT2D eigenvalue weighted by Crippen LogP contribution is 2.27. The van der Waals surface area contributed by atoms with Gasteiger partial charge in [-0.2, -0.15) is 5.26 Å². The molecule has 0 aliphatic heterocycles. The second kappa shape index (κ2) is 5.01. The molecule has 0 aliphatic carbocycles. The zero-order chi connectivity index (χ0) is 12.3. The molecule has 0 amide bonds. The summed E-state index contributed by atoms with van der Waals surface area (Å²) in [4.78, 5) is 0. The van der Waals surface area contributed by atoms with E-state index in [0.717, 1.165) is 16.7 Å². The zero-order valence-electron chi connectivity index (χ0n) is 9.02. The van der Waals surface area contributed by atoms with Crippen molar-refractivity contribution in [3.63, 3.8) is 0 Å². The van der Waals surface area contributed by atoms with Crippen molar-refractivity contribution in [3.05, 3.63) is 58.6 Å². The largest absolute Gasteiger partial charge is 0.392 e. The molecule has 0 bridgehead atoms. The maximum absolute atomic E-state index is 9.28. The van der Waals surface area contributed by atoms with Gasteiger partial charge in [0.1, 0.15) is 0 Å². The standard InChI is InChI=1S/C14H10ClNO/c15-13-6-10(8-16)5-12(7-13)14-4-2-1-3-11(14)9-17/h1-7,17H,9H2. The van der Waals surface area contributed by atoms with Gasteiger partial charge in [0, 0.05) is 5.02 Å². The van der Waals surface area contributed by atoms with Crippen LogP contribution < -0.4 is 0 Å². The van der Waals surface area contributed by atoms with Crippen molar-refractivity contribution in [2.75, 3.05) is 0 Å². The third kappa shape index (κ3) is 2.47. The Morgan fingerprint density at radius 2 is 1.94 bits per heavy atom. The SMILES string of the molecule is N#Cc1cc(Cl)cc(-c2ccccc2CO)c1. The van der Waals surface area contributed by atoms with Gasteiger partial charge in [-0.05, 0) is 34.9 Å². The van der Waals surface area contributed by atoms with Crippen LogP contribution in [0.3, 0.4) is 0 Å². The maximum atomic E-state index is 9.28. The molecule has 0 saturated heterocycles. The van der Waals surface area contributed by atoms with Crippen molar-refractivity contribution in [3.8, 4) is 17.2 Å². The van der Waals surface area contributed by atoms with Crippen molar-refractivity contribution in [1.82, 2.24) is 0 Å². The summed E-state index contributed by atoms with van der Waals surface area (Å²) in [6.45, 7) is -0.0371. The molecule has 2 aromatic carbocycles. The lowest BCUT2D eigenvalue weighted by Gasteiger charge is -2.08. The van der Waals surface area contributed by atoms with Gasteiger partial charge in [-0.25, -0.2) is 0 Å². The molecule has 2 aromatic rings. The van der Waals surface area contributed by atoms with Crippen LogP contribution in [0, 0.1) is 11.3 Å². The molecule has 0 heterocycles. The molecule has 3 heteroatoms. The van der Waals surface area contributed by atoms with E-state index in [-0.39, 0.29) is 6.61 Å². The summed E-state index contributed by atoms with van der Waals surface area (Å²) in [5.41, 5.74) is 3.08. The number of halogens is 1. The Balaban J connectivity index is 2.60. The smallest absolute Gasteiger partial charge is 0.0992 e. The van der Waals surface area contributed by atoms with Crippen LogP contribution in [0.1, 0.15) is 11.1 Å². The van der Waals surface area contributed by atoms with Crippen molar-refractivity contribution >= 4 is 11.6 Å². The van der Waals surface area contributed by atoms with E-state index in [0.29, 0.717) is 10.6 Å². The molecule has 0 atom stereocenters. The zero-order valence-corrected chi connectivity index (χ0v) is 9.78. The number of hydrogen-bond donors (Lipinski definition) is 1. The molecular weight excluding hydrogens is 234 g/mol. The highest BCUT2D eigenvalue weighted by Gasteiger charge is 2.06. The Labute approximate surface area is 105 Å². The van der Waals surface area contributed by atoms with Gasteiger partial charge < -0.3 is 5.11 Å². The number of rotatable bonds is 2. The number of aliphatic hydroxyl groups excluding tert-OH is 1. The second-order valence-corrected chi connectivity index (χ2v) is 4.09. The van der Waals surface area contributed by atoms with Crippen molar-refractivity contribution in [2.24, 2.45) is 0 Å². The number of nitriles is 1. The van der Waals surface area contributed by atoms with E-state index < -0.39 is 0 Å². The van der Waals surface area contributed by atoms with Crippen molar-refractivity contribution in [1.29, 1.82) is 5.26 Å². The fraction of sp³-hybridized carbons (Fsp3) is 0.0714. The van der Waals surface area contributed by atoms with Crippen LogP contribution in [0.2, 0.25) is 5.02 Å². The Morgan fingerprint density at radius 3 is 2.65 bits per heavy atom. The fourth-order valence-corrected chi connectivity index (χ4v) is 1.98. The van der Waals surface area contributed by atoms with E-state index in [1.165, 1.54) is 0 Å². The Bertz CT molecular complexity index is 587. The van der Waals surface area contributed by atoms with Gasteiger partial charge in [0.2, 0.25) is 0 Å². The predicted octanol–water partition coefficient (Wildman–Crippen LogP) is 3.37. The summed E-state index contributed by atoms with van der Waals surface area (Å²) in [5, 5.41) is 18.7. The van der Waals surface area contributed by atoms with E-state index in [1.54, 1.807) is 18.2 Å². The van der Waals surface area contributed by atoms with Gasteiger partial charge in [-0.3, -0.25) is 0 Å². The van der Waals surface area contributed by atoms with Crippen molar-refractivity contribution in [2.45, 2.75) is 6.61 Å². The molecular formula is C14H10ClNO. The lowest BCUT2D eigenvalue weighted by molar-refractivity contribution is 0.282. The molecule has 0 aliphatic rings. The lowest BCUT2D eigenvalue weighted by atomic mass is 9.99. The highest BCUT2D eigenvalue weighted by molar-refractivity contribution is 6.31. The van der Waals surface area contributed by atoms with Crippen LogP contribution in [0.15, 0.2) is 42.5 Å². The van der Waals surface area contributed by atoms with Crippen LogP contribution in [-0.4, -0.2) is 5.11 Å². The molecule has 0 fully saturated rings. The summed E-state index contributed by atoms with van der Waals surface area (Å²) >= 11 is 5.96. The molecule has 1 N–H and O–H groups in total. The van der Waals surface area contributed by atoms with E-state index in [4.69, 9.17) is 16.9 Å². The lowest BCUT2D eigenvalue weighted by Crippen LogP contribution is -1.89. The molecule has 0 aromatic heterocycles. The fourth-order valence-electron chi connectivity index (χ4n) is 1.75. The minimum Gasteiger partial charge on any atom is -0.392 e. The quantitative estimate of drug-likeness (QED) is 0.879. The Morgan fingerprint density at radius 1 is 1.18 bits per heavy atom. The van der Waals surface area contributed by atoms with E-state index >= 15 is 0 Å². The van der Waals surface area contributed by atoms with Gasteiger partial charge in [0.15, 0.2) is 0 Å². The molecule has 0 unspecified atom stereocenters. The second-order valence-electron chi connectivity index (χ2n) is 3.66. The molecule has 2 nitrogen and oxygen atoms in total. The van der Waals surface area contributed by atoms with E-state index in [2.05, 4.69) is 6.07 Å². The summed E-state index contributed by atoms with van der Waals surface area (Å²) in [6, 6.07) is 14.7. The summed E-state index contributed by atoms with van der Waals surface area (Å²) in [6.07, 6.45) is 0. The third-order valence-corrected chi connectivity index (χ3v) is 2.74. The van der Waals surface area contributed by atoms with Gasteiger partial charge in [0.05, 0.1) is 18.2 Å². The third-order valence-electron chi connectivity index (χ3n) is 2.53. The monoisotopic (exact) mass is 243 g/mol. The van der Waals surface area contributed by atoms with Crippen LogP contribution in [0.25, 0.3) is 11.1 Å². The first-order chi connectivity index (χ1) is 8.24. The number of hydrogen-bond acceptors (Lipinski definition) is 2. The van der Waals surface area contributed by atoms with Gasteiger partial charge in [-0.1, -0.05) is 35.9 Å². The van der Waals surface area contributed by atoms with Crippen LogP contribution in [-0.2, 0) is 6.61 Å². The molecule has 0 saturated carbocycles. The number of benzene rings is 2. The molecule has 0 radical (unpaired) electrons. The first-order valence-electron chi connectivity index (χ1n) is 5.14. The van der Waals surface area contributed by atoms with Gasteiger partial charge >= 0.3 is 0 Å². The summed E-state index contributed by atoms with van der Waals surface area (Å²) < 4.78 is 0. The number of aliphatic hydroxyl groups is 1. The Kier molecular flexibility index (Phi) is 3.43. The molecule has 0 spiro atoms. The van der Waals surface area contributed by atoms with E-state index in [1.807, 2.05) is 24.3 Å². The molecule has 17 heavy (non-hydrogen) atoms. The average molecular weight is 244 g/mol. The minimum absolute atomic E-state index is 0.0371. The normalized spacial score (nSPS) is 9.94. The van der Waals surface area contributed by atoms with Crippen molar-refractivity contribution < 1.29 is 5.11 Å². The van der Waals surface area contributed by atoms with Crippen LogP contribution >= 0.6 is 11.6 Å². The minimum atomic E-state index is -0.0371. The first kappa shape index (κ1) is 11.7. The summed E-state index contributed by atoms with van der Waals surface area (Å²) in [7, 11) is 0. The molecule has 2 rings (SSSR count). The summed E-state index contributed by atoms with van der Waals surface area (Å²) in [5.74, 6) is 0. The maximum Gasteiger partial charge on any atom is 0.0992 e. The van der Waals surface area contributed by atoms with E-state index in [9.17, 15) is 5.11 Å². The van der Waals surface area contributed by atoms with Crippen LogP contribution in [0.5, 0.6) is 0 Å². The average Bonchev–Trinajstić information content (AvgIpc) is 2.37. The topological polar surface area (TPSA) is 44.0 Å². The number of nitrogens with zero attached hydrogens (tertiary/aromatic N) is 1. The van der Waals surface area contributed by atoms with Gasteiger partial charge in [-0.15, -0.1) is 0 Å². The predicted molar refractivity (Wildman–Crippen MR) is 67.5 cm³/mol. The Hall–Kier alpha value is -1.82.